The summed E-state index contributed by atoms with van der Waals surface area (Å²) in [4.78, 5) is 25.2. The monoisotopic (exact) mass is 364 g/mol. The van der Waals surface area contributed by atoms with E-state index in [4.69, 9.17) is 4.74 Å². The number of hydrogen-bond acceptors (Lipinski definition) is 6. The van der Waals surface area contributed by atoms with Gasteiger partial charge in [0.15, 0.2) is 0 Å². The molecule has 0 aromatic heterocycles. The first-order valence-corrected chi connectivity index (χ1v) is 9.26. The summed E-state index contributed by atoms with van der Waals surface area (Å²) in [5.74, 6) is -3.58. The van der Waals surface area contributed by atoms with Crippen molar-refractivity contribution in [3.8, 4) is 0 Å². The molecule has 1 spiro atoms. The van der Waals surface area contributed by atoms with Crippen molar-refractivity contribution in [1.82, 2.24) is 0 Å². The Morgan fingerprint density at radius 1 is 1.35 bits per heavy atom. The van der Waals surface area contributed by atoms with E-state index < -0.39 is 58.0 Å². The largest absolute Gasteiger partial charge is 0.481 e. The molecule has 4 bridgehead atoms. The van der Waals surface area contributed by atoms with Gasteiger partial charge in [0.05, 0.1) is 23.7 Å². The van der Waals surface area contributed by atoms with Crippen LogP contribution >= 0.6 is 0 Å². The van der Waals surface area contributed by atoms with Crippen LogP contribution in [0.15, 0.2) is 12.2 Å². The van der Waals surface area contributed by atoms with Crippen molar-refractivity contribution in [2.75, 3.05) is 0 Å². The number of carboxylic acid groups (broad SMARTS) is 1. The molecule has 1 aliphatic heterocycles. The Balaban J connectivity index is 1.77. The van der Waals surface area contributed by atoms with Crippen LogP contribution in [0.3, 0.4) is 0 Å². The maximum atomic E-state index is 12.8. The molecule has 0 aromatic rings. The number of carboxylic acids is 1. The van der Waals surface area contributed by atoms with Crippen LogP contribution < -0.4 is 0 Å². The normalized spacial score (nSPS) is 59.8. The summed E-state index contributed by atoms with van der Waals surface area (Å²) in [6.07, 6.45) is -0.827. The zero-order valence-corrected chi connectivity index (χ0v) is 14.6. The van der Waals surface area contributed by atoms with E-state index in [-0.39, 0.29) is 12.3 Å². The number of hydrogen-bond donors (Lipinski definition) is 4. The fourth-order valence-electron chi connectivity index (χ4n) is 7.71. The van der Waals surface area contributed by atoms with Crippen LogP contribution in [0, 0.1) is 28.6 Å². The van der Waals surface area contributed by atoms with E-state index in [1.165, 1.54) is 6.92 Å². The third-order valence-electron chi connectivity index (χ3n) is 8.57. The summed E-state index contributed by atoms with van der Waals surface area (Å²) in [6.45, 7) is 5.53. The summed E-state index contributed by atoms with van der Waals surface area (Å²) in [5.41, 5.74) is -3.74. The lowest BCUT2D eigenvalue weighted by molar-refractivity contribution is -0.165. The van der Waals surface area contributed by atoms with Crippen LogP contribution in [0.2, 0.25) is 0 Å². The lowest BCUT2D eigenvalue weighted by Crippen LogP contribution is -2.59. The first-order chi connectivity index (χ1) is 12.0. The van der Waals surface area contributed by atoms with Crippen molar-refractivity contribution in [1.29, 1.82) is 0 Å². The number of rotatable bonds is 1. The molecule has 26 heavy (non-hydrogen) atoms. The Morgan fingerprint density at radius 2 is 2.04 bits per heavy atom. The van der Waals surface area contributed by atoms with Crippen molar-refractivity contribution >= 4 is 11.9 Å². The molecule has 1 heterocycles. The van der Waals surface area contributed by atoms with Gasteiger partial charge >= 0.3 is 11.9 Å². The van der Waals surface area contributed by atoms with Gasteiger partial charge in [0.25, 0.3) is 0 Å². The van der Waals surface area contributed by atoms with E-state index in [2.05, 4.69) is 6.58 Å². The number of aliphatic hydroxyl groups excluding tert-OH is 2. The molecular weight excluding hydrogens is 340 g/mol. The van der Waals surface area contributed by atoms with E-state index in [1.807, 2.05) is 0 Å². The van der Waals surface area contributed by atoms with Gasteiger partial charge in [-0.3, -0.25) is 9.59 Å². The molecule has 7 heteroatoms. The number of fused-ring (bicyclic) bond motifs is 1. The minimum absolute atomic E-state index is 0.0429. The molecule has 5 rings (SSSR count). The molecule has 0 amide bonds. The van der Waals surface area contributed by atoms with Crippen molar-refractivity contribution in [3.05, 3.63) is 12.2 Å². The second-order valence-electron chi connectivity index (χ2n) is 9.45. The molecular formula is C19H24O7. The second-order valence-corrected chi connectivity index (χ2v) is 9.45. The third-order valence-corrected chi connectivity index (χ3v) is 8.57. The lowest BCUT2D eigenvalue weighted by Gasteiger charge is -2.47. The minimum Gasteiger partial charge on any atom is -0.481 e. The van der Waals surface area contributed by atoms with Gasteiger partial charge in [0.2, 0.25) is 0 Å². The standard InChI is InChI=1S/C19H24O7/c1-8-5-17-7-18(8,25)4-3-10(17)19-6-9(20)13(21)16(2,15(24)26-19)12(19)11(17)14(22)23/h9-13,20-21,25H,1,3-7H2,2H3,(H,22,23)/t9-,10+,11+,12+,13-,16+,17-,18-,19+/m0/s1. The first kappa shape index (κ1) is 16.7. The van der Waals surface area contributed by atoms with Crippen LogP contribution in [0.4, 0.5) is 0 Å². The van der Waals surface area contributed by atoms with Gasteiger partial charge in [-0.15, -0.1) is 0 Å². The Kier molecular flexibility index (Phi) is 2.79. The van der Waals surface area contributed by atoms with E-state index in [1.54, 1.807) is 0 Å². The van der Waals surface area contributed by atoms with Crippen LogP contribution in [0.5, 0.6) is 0 Å². The van der Waals surface area contributed by atoms with Gasteiger partial charge in [-0.1, -0.05) is 6.58 Å². The van der Waals surface area contributed by atoms with Crippen molar-refractivity contribution in [3.63, 3.8) is 0 Å². The Bertz CT molecular complexity index is 763. The molecule has 142 valence electrons. The molecule has 4 saturated carbocycles. The van der Waals surface area contributed by atoms with Gasteiger partial charge in [0, 0.05) is 18.3 Å². The number of esters is 1. The lowest BCUT2D eigenvalue weighted by atomic mass is 9.58. The summed E-state index contributed by atoms with van der Waals surface area (Å²) >= 11 is 0. The maximum absolute atomic E-state index is 12.8. The summed E-state index contributed by atoms with van der Waals surface area (Å²) < 4.78 is 5.87. The Hall–Kier alpha value is -1.44. The molecule has 5 fully saturated rings. The average Bonchev–Trinajstić information content (AvgIpc) is 2.96. The highest BCUT2D eigenvalue weighted by molar-refractivity contribution is 5.85. The summed E-state index contributed by atoms with van der Waals surface area (Å²) in [7, 11) is 0. The van der Waals surface area contributed by atoms with Crippen LogP contribution in [0.1, 0.15) is 39.0 Å². The smallest absolute Gasteiger partial charge is 0.315 e. The summed E-state index contributed by atoms with van der Waals surface area (Å²) in [5, 5.41) is 42.2. The molecule has 0 unspecified atom stereocenters. The van der Waals surface area contributed by atoms with E-state index in [0.717, 1.165) is 0 Å². The van der Waals surface area contributed by atoms with Gasteiger partial charge < -0.3 is 25.2 Å². The Morgan fingerprint density at radius 3 is 2.69 bits per heavy atom. The number of aliphatic hydroxyl groups is 3. The van der Waals surface area contributed by atoms with Crippen molar-refractivity contribution in [2.24, 2.45) is 28.6 Å². The maximum Gasteiger partial charge on any atom is 0.315 e. The highest BCUT2D eigenvalue weighted by Gasteiger charge is 2.85. The minimum atomic E-state index is -1.46. The predicted octanol–water partition coefficient (Wildman–Crippen LogP) is 0.222. The van der Waals surface area contributed by atoms with E-state index in [9.17, 15) is 30.0 Å². The van der Waals surface area contributed by atoms with Crippen LogP contribution in [-0.2, 0) is 14.3 Å². The second kappa shape index (κ2) is 4.34. The van der Waals surface area contributed by atoms with Gasteiger partial charge in [0.1, 0.15) is 11.0 Å². The molecule has 4 N–H and O–H groups in total. The quantitative estimate of drug-likeness (QED) is 0.388. The van der Waals surface area contributed by atoms with Gasteiger partial charge in [-0.25, -0.2) is 0 Å². The molecule has 0 aromatic carbocycles. The number of carbonyl (C=O) groups is 2. The molecule has 5 aliphatic rings. The fourth-order valence-corrected chi connectivity index (χ4v) is 7.71. The van der Waals surface area contributed by atoms with Crippen molar-refractivity contribution < 1.29 is 34.8 Å². The van der Waals surface area contributed by atoms with E-state index in [0.29, 0.717) is 31.3 Å². The summed E-state index contributed by atoms with van der Waals surface area (Å²) in [6, 6.07) is 0. The van der Waals surface area contributed by atoms with E-state index >= 15 is 0 Å². The highest BCUT2D eigenvalue weighted by Crippen LogP contribution is 2.78. The van der Waals surface area contributed by atoms with Gasteiger partial charge in [-0.2, -0.15) is 0 Å². The number of ether oxygens (including phenoxy) is 1. The SMILES string of the molecule is C=C1C[C@]23C[C@@]1(O)CC[C@H]2[C@@]12C[C@H](O)[C@H](O)[C@](C)(C(=O)O1)[C@H]2[C@@H]3C(=O)O. The topological polar surface area (TPSA) is 124 Å². The van der Waals surface area contributed by atoms with Gasteiger partial charge in [-0.05, 0) is 43.6 Å². The zero-order chi connectivity index (χ0) is 18.9. The molecule has 1 saturated heterocycles. The third kappa shape index (κ3) is 1.43. The average molecular weight is 364 g/mol. The van der Waals surface area contributed by atoms with Crippen molar-refractivity contribution in [2.45, 2.75) is 62.4 Å². The Labute approximate surface area is 150 Å². The zero-order valence-electron chi connectivity index (χ0n) is 14.6. The van der Waals surface area contributed by atoms with Crippen LogP contribution in [-0.4, -0.2) is 55.8 Å². The highest BCUT2D eigenvalue weighted by atomic mass is 16.6. The number of aliphatic carboxylic acids is 1. The van der Waals surface area contributed by atoms with Crippen LogP contribution in [0.25, 0.3) is 0 Å². The predicted molar refractivity (Wildman–Crippen MR) is 86.7 cm³/mol. The molecule has 7 nitrogen and oxygen atoms in total. The fraction of sp³-hybridized carbons (Fsp3) is 0.789. The number of carbonyl (C=O) groups excluding carboxylic acids is 1. The molecule has 9 atom stereocenters. The molecule has 4 aliphatic carbocycles. The molecule has 0 radical (unpaired) electrons. The first-order valence-electron chi connectivity index (χ1n) is 9.26.